The molecule has 0 amide bonds. The van der Waals surface area contributed by atoms with Crippen LogP contribution in [0.15, 0.2) is 48.6 Å². The van der Waals surface area contributed by atoms with Crippen LogP contribution < -0.4 is 0 Å². The maximum Gasteiger partial charge on any atom is 0.318 e. The minimum atomic E-state index is -1.13. The van der Waals surface area contributed by atoms with E-state index in [4.69, 9.17) is 4.74 Å². The van der Waals surface area contributed by atoms with Gasteiger partial charge in [0.2, 0.25) is 0 Å². The quantitative estimate of drug-likeness (QED) is 0.640. The average Bonchev–Trinajstić information content (AvgIpc) is 2.46. The molecule has 0 heterocycles. The molecule has 0 aliphatic rings. The minimum Gasteiger partial charge on any atom is -0.465 e. The second kappa shape index (κ2) is 7.06. The van der Waals surface area contributed by atoms with Gasteiger partial charge < -0.3 is 9.84 Å². The number of esters is 1. The molecule has 0 spiro atoms. The highest BCUT2D eigenvalue weighted by Gasteiger charge is 2.42. The van der Waals surface area contributed by atoms with Gasteiger partial charge in [-0.25, -0.2) is 0 Å². The fourth-order valence-corrected chi connectivity index (χ4v) is 1.98. The third-order valence-corrected chi connectivity index (χ3v) is 3.52. The number of benzene rings is 1. The summed E-state index contributed by atoms with van der Waals surface area (Å²) in [5.41, 5.74) is 0.569. The van der Waals surface area contributed by atoms with E-state index in [1.807, 2.05) is 43.3 Å². The molecule has 1 rings (SSSR count). The highest BCUT2D eigenvalue weighted by molar-refractivity contribution is 5.83. The summed E-state index contributed by atoms with van der Waals surface area (Å²) in [6.45, 7) is 9.08. The van der Waals surface area contributed by atoms with Gasteiger partial charge in [0.15, 0.2) is 0 Å². The number of hydrogen-bond acceptors (Lipinski definition) is 3. The maximum atomic E-state index is 12.2. The fraction of sp³-hybridized carbons (Fsp3) is 0.353. The smallest absolute Gasteiger partial charge is 0.318 e. The molecule has 0 aliphatic heterocycles. The van der Waals surface area contributed by atoms with Crippen molar-refractivity contribution in [1.29, 1.82) is 0 Å². The lowest BCUT2D eigenvalue weighted by molar-refractivity contribution is -0.156. The summed E-state index contributed by atoms with van der Waals surface area (Å²) < 4.78 is 5.10. The van der Waals surface area contributed by atoms with Gasteiger partial charge in [-0.1, -0.05) is 48.1 Å². The number of carbonyl (C=O) groups excluding carboxylic acids is 1. The van der Waals surface area contributed by atoms with Crippen molar-refractivity contribution >= 4 is 12.0 Å². The van der Waals surface area contributed by atoms with Crippen LogP contribution in [0.2, 0.25) is 0 Å². The third kappa shape index (κ3) is 3.36. The summed E-state index contributed by atoms with van der Waals surface area (Å²) in [6.07, 6.45) is 2.24. The summed E-state index contributed by atoms with van der Waals surface area (Å²) in [4.78, 5) is 12.2. The molecule has 1 N–H and O–H groups in total. The molecule has 20 heavy (non-hydrogen) atoms. The highest BCUT2D eigenvalue weighted by Crippen LogP contribution is 2.34. The van der Waals surface area contributed by atoms with Crippen LogP contribution in [-0.2, 0) is 9.53 Å². The first kappa shape index (κ1) is 16.2. The number of hydrogen-bond donors (Lipinski definition) is 1. The lowest BCUT2D eigenvalue weighted by Crippen LogP contribution is -2.41. The first-order chi connectivity index (χ1) is 9.46. The Morgan fingerprint density at radius 3 is 2.55 bits per heavy atom. The largest absolute Gasteiger partial charge is 0.465 e. The average molecular weight is 274 g/mol. The van der Waals surface area contributed by atoms with E-state index >= 15 is 0 Å². The zero-order valence-electron chi connectivity index (χ0n) is 12.3. The molecule has 1 aromatic rings. The molecular weight excluding hydrogens is 252 g/mol. The predicted molar refractivity (Wildman–Crippen MR) is 81.0 cm³/mol. The Balaban J connectivity index is 3.20. The summed E-state index contributed by atoms with van der Waals surface area (Å²) in [7, 11) is 0. The number of carbonyl (C=O) groups is 1. The van der Waals surface area contributed by atoms with Gasteiger partial charge >= 0.3 is 5.97 Å². The molecule has 0 aliphatic carbocycles. The van der Waals surface area contributed by atoms with Crippen molar-refractivity contribution in [3.05, 3.63) is 54.1 Å². The Labute approximate surface area is 120 Å². The molecule has 108 valence electrons. The molecule has 3 heteroatoms. The molecule has 0 saturated heterocycles. The van der Waals surface area contributed by atoms with Crippen molar-refractivity contribution < 1.29 is 14.6 Å². The van der Waals surface area contributed by atoms with Gasteiger partial charge in [-0.3, -0.25) is 4.79 Å². The van der Waals surface area contributed by atoms with Gasteiger partial charge in [0.05, 0.1) is 12.7 Å². The molecule has 0 radical (unpaired) electrons. The first-order valence-corrected chi connectivity index (χ1v) is 6.68. The minimum absolute atomic E-state index is 0.275. The van der Waals surface area contributed by atoms with Crippen molar-refractivity contribution in [2.45, 2.75) is 26.9 Å². The van der Waals surface area contributed by atoms with Crippen LogP contribution in [-0.4, -0.2) is 23.8 Å². The summed E-state index contributed by atoms with van der Waals surface area (Å²) in [5, 5.41) is 10.2. The molecule has 2 unspecified atom stereocenters. The molecule has 0 fully saturated rings. The van der Waals surface area contributed by atoms with Crippen LogP contribution >= 0.6 is 0 Å². The molecule has 3 nitrogen and oxygen atoms in total. The normalized spacial score (nSPS) is 16.1. The fourth-order valence-electron chi connectivity index (χ4n) is 1.98. The van der Waals surface area contributed by atoms with Gasteiger partial charge in [-0.05, 0) is 26.3 Å². The van der Waals surface area contributed by atoms with Crippen molar-refractivity contribution in [2.24, 2.45) is 5.41 Å². The molecular formula is C17H22O3. The summed E-state index contributed by atoms with van der Waals surface area (Å²) in [5.74, 6) is -0.447. The molecule has 2 atom stereocenters. The van der Waals surface area contributed by atoms with E-state index in [-0.39, 0.29) is 6.61 Å². The summed E-state index contributed by atoms with van der Waals surface area (Å²) >= 11 is 0. The Kier molecular flexibility index (Phi) is 5.71. The third-order valence-electron chi connectivity index (χ3n) is 3.52. The van der Waals surface area contributed by atoms with E-state index in [9.17, 15) is 9.90 Å². The van der Waals surface area contributed by atoms with Gasteiger partial charge in [-0.2, -0.15) is 0 Å². The maximum absolute atomic E-state index is 12.2. The zero-order chi connectivity index (χ0) is 15.2. The van der Waals surface area contributed by atoms with Crippen molar-refractivity contribution in [3.8, 4) is 0 Å². The van der Waals surface area contributed by atoms with E-state index in [2.05, 4.69) is 6.58 Å². The Morgan fingerprint density at radius 2 is 2.05 bits per heavy atom. The van der Waals surface area contributed by atoms with Crippen LogP contribution in [0, 0.1) is 5.41 Å². The SMILES string of the molecule is C=CC(O)C(C)(C(=O)OCC)/C(C)=C/c1ccccc1. The van der Waals surface area contributed by atoms with Crippen molar-refractivity contribution in [3.63, 3.8) is 0 Å². The van der Waals surface area contributed by atoms with Crippen LogP contribution in [0.4, 0.5) is 0 Å². The van der Waals surface area contributed by atoms with Gasteiger partial charge in [0.25, 0.3) is 0 Å². The van der Waals surface area contributed by atoms with E-state index < -0.39 is 17.5 Å². The summed E-state index contributed by atoms with van der Waals surface area (Å²) in [6, 6.07) is 9.65. The van der Waals surface area contributed by atoms with Crippen LogP contribution in [0.25, 0.3) is 6.08 Å². The van der Waals surface area contributed by atoms with E-state index in [0.717, 1.165) is 11.1 Å². The standard InChI is InChI=1S/C17H22O3/c1-5-15(18)17(4,16(19)20-6-2)13(3)12-14-10-8-7-9-11-14/h5,7-12,15,18H,1,6H2,2-4H3/b13-12+. The van der Waals surface area contributed by atoms with Crippen LogP contribution in [0.1, 0.15) is 26.3 Å². The Hall–Kier alpha value is -1.87. The molecule has 1 aromatic carbocycles. The van der Waals surface area contributed by atoms with E-state index in [1.54, 1.807) is 13.8 Å². The Bertz CT molecular complexity index is 490. The second-order valence-electron chi connectivity index (χ2n) is 4.84. The monoisotopic (exact) mass is 274 g/mol. The topological polar surface area (TPSA) is 46.5 Å². The molecule has 0 bridgehead atoms. The van der Waals surface area contributed by atoms with Gasteiger partial charge in [-0.15, -0.1) is 6.58 Å². The number of aliphatic hydroxyl groups is 1. The van der Waals surface area contributed by atoms with E-state index in [1.165, 1.54) is 6.08 Å². The lowest BCUT2D eigenvalue weighted by Gasteiger charge is -2.31. The number of aliphatic hydroxyl groups excluding tert-OH is 1. The lowest BCUT2D eigenvalue weighted by atomic mass is 9.77. The number of ether oxygens (including phenoxy) is 1. The predicted octanol–water partition coefficient (Wildman–Crippen LogP) is 3.21. The van der Waals surface area contributed by atoms with Crippen LogP contribution in [0.5, 0.6) is 0 Å². The molecule has 0 saturated carbocycles. The van der Waals surface area contributed by atoms with Gasteiger partial charge in [0.1, 0.15) is 5.41 Å². The van der Waals surface area contributed by atoms with Gasteiger partial charge in [0, 0.05) is 0 Å². The van der Waals surface area contributed by atoms with Crippen molar-refractivity contribution in [2.75, 3.05) is 6.61 Å². The highest BCUT2D eigenvalue weighted by atomic mass is 16.5. The van der Waals surface area contributed by atoms with E-state index in [0.29, 0.717) is 0 Å². The van der Waals surface area contributed by atoms with Crippen LogP contribution in [0.3, 0.4) is 0 Å². The first-order valence-electron chi connectivity index (χ1n) is 6.68. The second-order valence-corrected chi connectivity index (χ2v) is 4.84. The zero-order valence-corrected chi connectivity index (χ0v) is 12.3. The van der Waals surface area contributed by atoms with Crippen molar-refractivity contribution in [1.82, 2.24) is 0 Å². The number of rotatable bonds is 6. The Morgan fingerprint density at radius 1 is 1.45 bits per heavy atom. The molecule has 0 aromatic heterocycles.